The van der Waals surface area contributed by atoms with Crippen molar-refractivity contribution in [2.45, 2.75) is 39.8 Å². The second-order valence-corrected chi connectivity index (χ2v) is 3.77. The van der Waals surface area contributed by atoms with E-state index in [4.69, 9.17) is 4.74 Å². The second-order valence-electron chi connectivity index (χ2n) is 3.77. The lowest BCUT2D eigenvalue weighted by molar-refractivity contribution is 0.144. The van der Waals surface area contributed by atoms with Crippen molar-refractivity contribution in [3.8, 4) is 0 Å². The first-order chi connectivity index (χ1) is 7.88. The van der Waals surface area contributed by atoms with Gasteiger partial charge in [0.1, 0.15) is 0 Å². The molecule has 0 fully saturated rings. The van der Waals surface area contributed by atoms with Crippen molar-refractivity contribution in [1.82, 2.24) is 15.1 Å². The van der Waals surface area contributed by atoms with Crippen molar-refractivity contribution >= 4 is 12.4 Å². The fourth-order valence-corrected chi connectivity index (χ4v) is 1.58. The molecule has 100 valence electrons. The molecule has 0 unspecified atom stereocenters. The molecule has 1 aromatic rings. The van der Waals surface area contributed by atoms with Crippen LogP contribution < -0.4 is 5.32 Å². The van der Waals surface area contributed by atoms with Crippen LogP contribution in [-0.2, 0) is 17.8 Å². The molecule has 5 heteroatoms. The minimum absolute atomic E-state index is 0. The zero-order valence-electron chi connectivity index (χ0n) is 10.8. The molecule has 1 rings (SSSR count). The van der Waals surface area contributed by atoms with Gasteiger partial charge in [0, 0.05) is 32.5 Å². The number of nitrogens with zero attached hydrogens (tertiary/aromatic N) is 2. The van der Waals surface area contributed by atoms with Gasteiger partial charge in [0.2, 0.25) is 0 Å². The molecule has 0 saturated heterocycles. The van der Waals surface area contributed by atoms with Crippen LogP contribution in [0, 0.1) is 0 Å². The average molecular weight is 262 g/mol. The SMILES string of the molecule is CCCn1nccc1CNCCCOCC.Cl. The van der Waals surface area contributed by atoms with Crippen LogP contribution in [0.15, 0.2) is 12.3 Å². The second kappa shape index (κ2) is 10.6. The van der Waals surface area contributed by atoms with Crippen molar-refractivity contribution < 1.29 is 4.74 Å². The summed E-state index contributed by atoms with van der Waals surface area (Å²) in [5.41, 5.74) is 1.26. The van der Waals surface area contributed by atoms with Crippen LogP contribution in [0.2, 0.25) is 0 Å². The largest absolute Gasteiger partial charge is 0.382 e. The highest BCUT2D eigenvalue weighted by atomic mass is 35.5. The van der Waals surface area contributed by atoms with Crippen LogP contribution in [0.25, 0.3) is 0 Å². The van der Waals surface area contributed by atoms with E-state index in [1.54, 1.807) is 0 Å². The molecule has 0 aliphatic rings. The van der Waals surface area contributed by atoms with Crippen LogP contribution in [0.4, 0.5) is 0 Å². The maximum atomic E-state index is 5.28. The Morgan fingerprint density at radius 3 is 2.94 bits per heavy atom. The molecular formula is C12H24ClN3O. The van der Waals surface area contributed by atoms with Crippen molar-refractivity contribution in [3.05, 3.63) is 18.0 Å². The van der Waals surface area contributed by atoms with Gasteiger partial charge in [0.25, 0.3) is 0 Å². The number of aromatic nitrogens is 2. The van der Waals surface area contributed by atoms with Crippen LogP contribution >= 0.6 is 12.4 Å². The van der Waals surface area contributed by atoms with Gasteiger partial charge in [-0.05, 0) is 32.4 Å². The third-order valence-electron chi connectivity index (χ3n) is 2.39. The van der Waals surface area contributed by atoms with E-state index in [9.17, 15) is 0 Å². The monoisotopic (exact) mass is 261 g/mol. The van der Waals surface area contributed by atoms with Gasteiger partial charge in [0.05, 0.1) is 5.69 Å². The van der Waals surface area contributed by atoms with Gasteiger partial charge in [-0.25, -0.2) is 0 Å². The first kappa shape index (κ1) is 16.4. The highest BCUT2D eigenvalue weighted by Gasteiger charge is 2.00. The summed E-state index contributed by atoms with van der Waals surface area (Å²) in [4.78, 5) is 0. The quantitative estimate of drug-likeness (QED) is 0.693. The predicted octanol–water partition coefficient (Wildman–Crippen LogP) is 2.23. The van der Waals surface area contributed by atoms with Crippen molar-refractivity contribution in [3.63, 3.8) is 0 Å². The Bertz CT molecular complexity index is 278. The molecule has 1 aromatic heterocycles. The molecule has 0 spiro atoms. The van der Waals surface area contributed by atoms with E-state index in [1.165, 1.54) is 5.69 Å². The molecule has 0 aliphatic heterocycles. The summed E-state index contributed by atoms with van der Waals surface area (Å²) >= 11 is 0. The molecule has 1 heterocycles. The Morgan fingerprint density at radius 2 is 2.24 bits per heavy atom. The lowest BCUT2D eigenvalue weighted by Crippen LogP contribution is -2.19. The fourth-order valence-electron chi connectivity index (χ4n) is 1.58. The lowest BCUT2D eigenvalue weighted by Gasteiger charge is -2.07. The van der Waals surface area contributed by atoms with Crippen molar-refractivity contribution in [1.29, 1.82) is 0 Å². The Morgan fingerprint density at radius 1 is 1.41 bits per heavy atom. The number of ether oxygens (including phenoxy) is 1. The van der Waals surface area contributed by atoms with Crippen LogP contribution in [0.3, 0.4) is 0 Å². The van der Waals surface area contributed by atoms with E-state index in [0.29, 0.717) is 0 Å². The summed E-state index contributed by atoms with van der Waals surface area (Å²) in [5.74, 6) is 0. The smallest absolute Gasteiger partial charge is 0.0522 e. The van der Waals surface area contributed by atoms with E-state index in [0.717, 1.165) is 45.7 Å². The van der Waals surface area contributed by atoms with Crippen molar-refractivity contribution in [2.24, 2.45) is 0 Å². The van der Waals surface area contributed by atoms with Gasteiger partial charge in [-0.1, -0.05) is 6.92 Å². The number of rotatable bonds is 9. The molecular weight excluding hydrogens is 238 g/mol. The van der Waals surface area contributed by atoms with Gasteiger partial charge in [-0.2, -0.15) is 5.10 Å². The van der Waals surface area contributed by atoms with E-state index < -0.39 is 0 Å². The third-order valence-corrected chi connectivity index (χ3v) is 2.39. The number of aryl methyl sites for hydroxylation is 1. The Labute approximate surface area is 110 Å². The van der Waals surface area contributed by atoms with E-state index in [2.05, 4.69) is 28.1 Å². The van der Waals surface area contributed by atoms with E-state index in [-0.39, 0.29) is 12.4 Å². The summed E-state index contributed by atoms with van der Waals surface area (Å²) in [6, 6.07) is 2.07. The summed E-state index contributed by atoms with van der Waals surface area (Å²) in [6.45, 7) is 8.74. The standard InChI is InChI=1S/C12H23N3O.ClH/c1-3-9-15-12(6-8-14-15)11-13-7-5-10-16-4-2;/h6,8,13H,3-5,7,9-11H2,1-2H3;1H. The predicted molar refractivity (Wildman–Crippen MR) is 72.6 cm³/mol. The molecule has 0 radical (unpaired) electrons. The Kier molecular flexibility index (Phi) is 10.2. The summed E-state index contributed by atoms with van der Waals surface area (Å²) in [6.07, 6.45) is 4.06. The molecule has 0 amide bonds. The van der Waals surface area contributed by atoms with Crippen LogP contribution in [-0.4, -0.2) is 29.5 Å². The summed E-state index contributed by atoms with van der Waals surface area (Å²) < 4.78 is 7.34. The molecule has 17 heavy (non-hydrogen) atoms. The number of hydrogen-bond donors (Lipinski definition) is 1. The van der Waals surface area contributed by atoms with E-state index >= 15 is 0 Å². The molecule has 0 saturated carbocycles. The topological polar surface area (TPSA) is 39.1 Å². The Balaban J connectivity index is 0.00000256. The minimum atomic E-state index is 0. The molecule has 1 N–H and O–H groups in total. The maximum Gasteiger partial charge on any atom is 0.0522 e. The molecule has 4 nitrogen and oxygen atoms in total. The molecule has 0 bridgehead atoms. The molecule has 0 aliphatic carbocycles. The third kappa shape index (κ3) is 6.66. The number of halogens is 1. The molecule has 0 aromatic carbocycles. The zero-order valence-corrected chi connectivity index (χ0v) is 11.6. The van der Waals surface area contributed by atoms with E-state index in [1.807, 2.05) is 13.1 Å². The number of hydrogen-bond acceptors (Lipinski definition) is 3. The van der Waals surface area contributed by atoms with Gasteiger partial charge >= 0.3 is 0 Å². The summed E-state index contributed by atoms with van der Waals surface area (Å²) in [7, 11) is 0. The van der Waals surface area contributed by atoms with Gasteiger partial charge in [-0.3, -0.25) is 4.68 Å². The normalized spacial score (nSPS) is 10.2. The Hall–Kier alpha value is -0.580. The average Bonchev–Trinajstić information content (AvgIpc) is 2.72. The van der Waals surface area contributed by atoms with Crippen LogP contribution in [0.1, 0.15) is 32.4 Å². The van der Waals surface area contributed by atoms with Crippen LogP contribution in [0.5, 0.6) is 0 Å². The zero-order chi connectivity index (χ0) is 11.6. The first-order valence-corrected chi connectivity index (χ1v) is 6.17. The highest BCUT2D eigenvalue weighted by molar-refractivity contribution is 5.85. The van der Waals surface area contributed by atoms with Crippen molar-refractivity contribution in [2.75, 3.05) is 19.8 Å². The lowest BCUT2D eigenvalue weighted by atomic mass is 10.3. The molecule has 0 atom stereocenters. The van der Waals surface area contributed by atoms with Gasteiger partial charge < -0.3 is 10.1 Å². The summed E-state index contributed by atoms with van der Waals surface area (Å²) in [5, 5.41) is 7.69. The van der Waals surface area contributed by atoms with Gasteiger partial charge in [-0.15, -0.1) is 12.4 Å². The first-order valence-electron chi connectivity index (χ1n) is 6.17. The van der Waals surface area contributed by atoms with Gasteiger partial charge in [0.15, 0.2) is 0 Å². The highest BCUT2D eigenvalue weighted by Crippen LogP contribution is 1.99. The minimum Gasteiger partial charge on any atom is -0.382 e. The number of nitrogens with one attached hydrogen (secondary N) is 1. The fraction of sp³-hybridized carbons (Fsp3) is 0.750. The maximum absolute atomic E-state index is 5.28.